The average molecular weight is 223 g/mol. The van der Waals surface area contributed by atoms with E-state index in [-0.39, 0.29) is 6.10 Å². The number of aliphatic hydroxyl groups excluding tert-OH is 1. The van der Waals surface area contributed by atoms with Crippen molar-refractivity contribution in [2.45, 2.75) is 31.8 Å². The van der Waals surface area contributed by atoms with Gasteiger partial charge in [-0.1, -0.05) is 6.42 Å². The Morgan fingerprint density at radius 2 is 2.44 bits per heavy atom. The normalized spacial score (nSPS) is 25.1. The number of aliphatic hydroxyl groups is 1. The molecule has 0 amide bonds. The van der Waals surface area contributed by atoms with Crippen LogP contribution >= 0.6 is 0 Å². The summed E-state index contributed by atoms with van der Waals surface area (Å²) < 4.78 is 1.91. The van der Waals surface area contributed by atoms with Crippen molar-refractivity contribution in [2.75, 3.05) is 13.1 Å². The molecular weight excluding hydrogens is 202 g/mol. The van der Waals surface area contributed by atoms with Crippen LogP contribution in [0, 0.1) is 5.92 Å². The second kappa shape index (κ2) is 5.46. The van der Waals surface area contributed by atoms with Crippen molar-refractivity contribution in [3.63, 3.8) is 0 Å². The first kappa shape index (κ1) is 11.6. The van der Waals surface area contributed by atoms with Crippen LogP contribution in [0.4, 0.5) is 0 Å². The molecule has 1 aliphatic rings. The summed E-state index contributed by atoms with van der Waals surface area (Å²) in [6.45, 7) is 1.90. The van der Waals surface area contributed by atoms with E-state index in [0.717, 1.165) is 25.9 Å². The van der Waals surface area contributed by atoms with Gasteiger partial charge >= 0.3 is 0 Å². The van der Waals surface area contributed by atoms with E-state index >= 15 is 0 Å². The van der Waals surface area contributed by atoms with Gasteiger partial charge in [-0.25, -0.2) is 0 Å². The Kier molecular flexibility index (Phi) is 3.96. The molecule has 0 aliphatic heterocycles. The molecule has 1 aromatic rings. The van der Waals surface area contributed by atoms with Gasteiger partial charge in [0.25, 0.3) is 0 Å². The van der Waals surface area contributed by atoms with Gasteiger partial charge in [-0.05, 0) is 24.8 Å². The molecule has 2 rings (SSSR count). The standard InChI is InChI=1S/C12H21N3O/c1-15-11(6-8-14-15)5-7-13-9-10-3-2-4-12(10)16/h6,8,10,12-13,16H,2-5,7,9H2,1H3. The highest BCUT2D eigenvalue weighted by Crippen LogP contribution is 2.24. The molecule has 16 heavy (non-hydrogen) atoms. The molecule has 1 aromatic heterocycles. The third-order valence-corrected chi connectivity index (χ3v) is 3.51. The largest absolute Gasteiger partial charge is 0.393 e. The highest BCUT2D eigenvalue weighted by atomic mass is 16.3. The van der Waals surface area contributed by atoms with Crippen molar-refractivity contribution in [1.29, 1.82) is 0 Å². The predicted octanol–water partition coefficient (Wildman–Crippen LogP) is 0.713. The summed E-state index contributed by atoms with van der Waals surface area (Å²) in [5.74, 6) is 0.464. The lowest BCUT2D eigenvalue weighted by Crippen LogP contribution is -2.29. The lowest BCUT2D eigenvalue weighted by atomic mass is 10.1. The van der Waals surface area contributed by atoms with Gasteiger partial charge < -0.3 is 10.4 Å². The SMILES string of the molecule is Cn1nccc1CCNCC1CCCC1O. The van der Waals surface area contributed by atoms with Gasteiger partial charge in [0, 0.05) is 38.4 Å². The molecule has 1 aliphatic carbocycles. The van der Waals surface area contributed by atoms with Crippen LogP contribution in [-0.2, 0) is 13.5 Å². The first-order valence-electron chi connectivity index (χ1n) is 6.13. The van der Waals surface area contributed by atoms with Crippen LogP contribution in [0.1, 0.15) is 25.0 Å². The minimum absolute atomic E-state index is 0.0794. The first-order valence-corrected chi connectivity index (χ1v) is 6.13. The summed E-state index contributed by atoms with van der Waals surface area (Å²) in [7, 11) is 1.97. The number of aromatic nitrogens is 2. The molecule has 1 fully saturated rings. The molecule has 0 saturated heterocycles. The van der Waals surface area contributed by atoms with Gasteiger partial charge in [0.1, 0.15) is 0 Å². The third-order valence-electron chi connectivity index (χ3n) is 3.51. The minimum atomic E-state index is -0.0794. The summed E-state index contributed by atoms with van der Waals surface area (Å²) >= 11 is 0. The van der Waals surface area contributed by atoms with Crippen LogP contribution in [0.15, 0.2) is 12.3 Å². The lowest BCUT2D eigenvalue weighted by molar-refractivity contribution is 0.132. The van der Waals surface area contributed by atoms with Gasteiger partial charge in [0.05, 0.1) is 6.10 Å². The van der Waals surface area contributed by atoms with Crippen LogP contribution in [0.3, 0.4) is 0 Å². The van der Waals surface area contributed by atoms with Crippen molar-refractivity contribution in [2.24, 2.45) is 13.0 Å². The maximum atomic E-state index is 9.66. The summed E-state index contributed by atoms with van der Waals surface area (Å²) in [6.07, 6.45) is 6.07. The Hall–Kier alpha value is -0.870. The molecule has 0 spiro atoms. The maximum absolute atomic E-state index is 9.66. The second-order valence-electron chi connectivity index (χ2n) is 4.66. The Balaban J connectivity index is 1.63. The number of hydrogen-bond acceptors (Lipinski definition) is 3. The number of rotatable bonds is 5. The van der Waals surface area contributed by atoms with E-state index in [9.17, 15) is 5.11 Å². The zero-order valence-corrected chi connectivity index (χ0v) is 9.89. The molecular formula is C12H21N3O. The summed E-state index contributed by atoms with van der Waals surface area (Å²) in [6, 6.07) is 2.05. The molecule has 0 radical (unpaired) electrons. The fourth-order valence-corrected chi connectivity index (χ4v) is 2.41. The monoisotopic (exact) mass is 223 g/mol. The van der Waals surface area contributed by atoms with Crippen molar-refractivity contribution in [3.05, 3.63) is 18.0 Å². The molecule has 2 unspecified atom stereocenters. The minimum Gasteiger partial charge on any atom is -0.393 e. The van der Waals surface area contributed by atoms with Crippen molar-refractivity contribution >= 4 is 0 Å². The van der Waals surface area contributed by atoms with Gasteiger partial charge in [0.15, 0.2) is 0 Å². The van der Waals surface area contributed by atoms with E-state index < -0.39 is 0 Å². The molecule has 1 saturated carbocycles. The van der Waals surface area contributed by atoms with E-state index in [0.29, 0.717) is 5.92 Å². The van der Waals surface area contributed by atoms with Gasteiger partial charge in [0.2, 0.25) is 0 Å². The van der Waals surface area contributed by atoms with Gasteiger partial charge in [-0.3, -0.25) is 4.68 Å². The average Bonchev–Trinajstić information content (AvgIpc) is 2.84. The summed E-state index contributed by atoms with van der Waals surface area (Å²) in [5, 5.41) is 17.2. The highest BCUT2D eigenvalue weighted by molar-refractivity contribution is 5.00. The molecule has 1 heterocycles. The fraction of sp³-hybridized carbons (Fsp3) is 0.750. The summed E-state index contributed by atoms with van der Waals surface area (Å²) in [5.41, 5.74) is 1.25. The Bertz CT molecular complexity index is 324. The predicted molar refractivity (Wildman–Crippen MR) is 63.1 cm³/mol. The highest BCUT2D eigenvalue weighted by Gasteiger charge is 2.24. The number of nitrogens with zero attached hydrogens (tertiary/aromatic N) is 2. The van der Waals surface area contributed by atoms with Crippen molar-refractivity contribution in [3.8, 4) is 0 Å². The zero-order chi connectivity index (χ0) is 11.4. The van der Waals surface area contributed by atoms with E-state index in [2.05, 4.69) is 10.4 Å². The smallest absolute Gasteiger partial charge is 0.0580 e. The first-order chi connectivity index (χ1) is 7.77. The fourth-order valence-electron chi connectivity index (χ4n) is 2.41. The molecule has 4 nitrogen and oxygen atoms in total. The zero-order valence-electron chi connectivity index (χ0n) is 9.89. The Morgan fingerprint density at radius 1 is 1.56 bits per heavy atom. The third kappa shape index (κ3) is 2.83. The Labute approximate surface area is 96.7 Å². The molecule has 0 aromatic carbocycles. The number of hydrogen-bond donors (Lipinski definition) is 2. The van der Waals surface area contributed by atoms with Crippen LogP contribution in [-0.4, -0.2) is 34.1 Å². The van der Waals surface area contributed by atoms with E-state index in [1.54, 1.807) is 0 Å². The van der Waals surface area contributed by atoms with Gasteiger partial charge in [-0.15, -0.1) is 0 Å². The molecule has 2 N–H and O–H groups in total. The van der Waals surface area contributed by atoms with Crippen molar-refractivity contribution < 1.29 is 5.11 Å². The number of aryl methyl sites for hydroxylation is 1. The topological polar surface area (TPSA) is 50.1 Å². The lowest BCUT2D eigenvalue weighted by Gasteiger charge is -2.14. The molecule has 2 atom stereocenters. The summed E-state index contributed by atoms with van der Waals surface area (Å²) in [4.78, 5) is 0. The molecule has 90 valence electrons. The number of nitrogens with one attached hydrogen (secondary N) is 1. The molecule has 0 bridgehead atoms. The maximum Gasteiger partial charge on any atom is 0.0580 e. The quantitative estimate of drug-likeness (QED) is 0.723. The van der Waals surface area contributed by atoms with E-state index in [1.165, 1.54) is 18.5 Å². The van der Waals surface area contributed by atoms with Crippen LogP contribution < -0.4 is 5.32 Å². The molecule has 4 heteroatoms. The van der Waals surface area contributed by atoms with Crippen LogP contribution in [0.2, 0.25) is 0 Å². The van der Waals surface area contributed by atoms with E-state index in [1.807, 2.05) is 24.0 Å². The van der Waals surface area contributed by atoms with Crippen LogP contribution in [0.25, 0.3) is 0 Å². The van der Waals surface area contributed by atoms with Gasteiger partial charge in [-0.2, -0.15) is 5.10 Å². The van der Waals surface area contributed by atoms with E-state index in [4.69, 9.17) is 0 Å². The van der Waals surface area contributed by atoms with Crippen molar-refractivity contribution in [1.82, 2.24) is 15.1 Å². The van der Waals surface area contributed by atoms with Crippen LogP contribution in [0.5, 0.6) is 0 Å². The second-order valence-corrected chi connectivity index (χ2v) is 4.66. The Morgan fingerprint density at radius 3 is 3.06 bits per heavy atom.